The van der Waals surface area contributed by atoms with Crippen molar-refractivity contribution in [3.05, 3.63) is 113 Å². The molecule has 2 aliphatic heterocycles. The number of thiophene rings is 1. The normalized spacial score (nSPS) is 18.3. The minimum atomic E-state index is -0.877. The largest absolute Gasteiger partial charge is 0.457 e. The number of para-hydroxylation sites is 1. The molecule has 0 saturated carbocycles. The number of amides is 3. The van der Waals surface area contributed by atoms with Gasteiger partial charge in [0.2, 0.25) is 11.8 Å². The number of nitrogens with one attached hydrogen (secondary N) is 1. The molecule has 3 amide bonds. The monoisotopic (exact) mass is 594 g/mol. The summed E-state index contributed by atoms with van der Waals surface area (Å²) in [6.07, 6.45) is 4.22. The van der Waals surface area contributed by atoms with E-state index in [2.05, 4.69) is 10.3 Å². The van der Waals surface area contributed by atoms with E-state index in [1.807, 2.05) is 53.9 Å². The van der Waals surface area contributed by atoms with E-state index in [1.54, 1.807) is 52.5 Å². The molecule has 2 aliphatic rings. The van der Waals surface area contributed by atoms with Gasteiger partial charge in [0.15, 0.2) is 5.78 Å². The standard InChI is InChI=1S/C33H30N4O5S/c38-29-21-37(30(39)18-22-6-4-15-34-20-22)28-14-16-36(31(28)29)33(41)27(19-26-9-5-17-43-26)35-32(40)23-10-12-25(13-11-23)42-24-7-2-1-3-8-24/h1-13,15,17,20,27-28,31H,14,16,18-19,21H2,(H,35,40). The predicted octanol–water partition coefficient (Wildman–Crippen LogP) is 3.90. The first-order chi connectivity index (χ1) is 21.0. The Labute approximate surface area is 253 Å². The predicted molar refractivity (Wildman–Crippen MR) is 161 cm³/mol. The van der Waals surface area contributed by atoms with Crippen LogP contribution in [0, 0.1) is 0 Å². The Kier molecular flexibility index (Phi) is 8.28. The Morgan fingerprint density at radius 3 is 2.47 bits per heavy atom. The lowest BCUT2D eigenvalue weighted by Crippen LogP contribution is -2.53. The maximum Gasteiger partial charge on any atom is 0.251 e. The van der Waals surface area contributed by atoms with Crippen LogP contribution in [-0.2, 0) is 27.2 Å². The van der Waals surface area contributed by atoms with Crippen molar-refractivity contribution in [3.63, 3.8) is 0 Å². The molecule has 4 aromatic rings. The summed E-state index contributed by atoms with van der Waals surface area (Å²) >= 11 is 1.50. The van der Waals surface area contributed by atoms with Crippen molar-refractivity contribution in [2.24, 2.45) is 0 Å². The van der Waals surface area contributed by atoms with Gasteiger partial charge in [-0.05, 0) is 65.9 Å². The molecule has 2 aromatic heterocycles. The van der Waals surface area contributed by atoms with E-state index in [9.17, 15) is 19.2 Å². The molecule has 0 aliphatic carbocycles. The molecule has 2 fully saturated rings. The maximum absolute atomic E-state index is 14.0. The lowest BCUT2D eigenvalue weighted by molar-refractivity contribution is -0.138. The SMILES string of the molecule is O=C(NC(Cc1cccs1)C(=O)N1CCC2C1C(=O)CN2C(=O)Cc1cccnc1)c1ccc(Oc2ccccc2)cc1. The Balaban J connectivity index is 1.15. The second kappa shape index (κ2) is 12.6. The van der Waals surface area contributed by atoms with Gasteiger partial charge in [-0.25, -0.2) is 0 Å². The molecule has 43 heavy (non-hydrogen) atoms. The van der Waals surface area contributed by atoms with Crippen LogP contribution in [0.4, 0.5) is 0 Å². The molecule has 0 bridgehead atoms. The molecule has 1 N–H and O–H groups in total. The minimum Gasteiger partial charge on any atom is -0.457 e. The summed E-state index contributed by atoms with van der Waals surface area (Å²) < 4.78 is 5.82. The molecule has 6 rings (SSSR count). The summed E-state index contributed by atoms with van der Waals surface area (Å²) in [7, 11) is 0. The molecule has 0 spiro atoms. The van der Waals surface area contributed by atoms with Crippen molar-refractivity contribution in [3.8, 4) is 11.5 Å². The van der Waals surface area contributed by atoms with Gasteiger partial charge in [-0.15, -0.1) is 11.3 Å². The first-order valence-electron chi connectivity index (χ1n) is 14.1. The number of hydrogen-bond acceptors (Lipinski definition) is 7. The zero-order chi connectivity index (χ0) is 29.8. The zero-order valence-corrected chi connectivity index (χ0v) is 24.1. The Hall–Kier alpha value is -4.83. The summed E-state index contributed by atoms with van der Waals surface area (Å²) in [4.78, 5) is 61.8. The highest BCUT2D eigenvalue weighted by Crippen LogP contribution is 2.31. The minimum absolute atomic E-state index is 0.0302. The van der Waals surface area contributed by atoms with Crippen molar-refractivity contribution in [2.75, 3.05) is 13.1 Å². The van der Waals surface area contributed by atoms with E-state index < -0.39 is 18.0 Å². The summed E-state index contributed by atoms with van der Waals surface area (Å²) in [5.74, 6) is 0.219. The van der Waals surface area contributed by atoms with E-state index in [1.165, 1.54) is 11.3 Å². The van der Waals surface area contributed by atoms with Crippen molar-refractivity contribution >= 4 is 34.8 Å². The Bertz CT molecular complexity index is 1600. The molecule has 3 unspecified atom stereocenters. The topological polar surface area (TPSA) is 109 Å². The van der Waals surface area contributed by atoms with E-state index in [4.69, 9.17) is 4.74 Å². The van der Waals surface area contributed by atoms with Crippen molar-refractivity contribution < 1.29 is 23.9 Å². The third kappa shape index (κ3) is 6.34. The Morgan fingerprint density at radius 2 is 1.74 bits per heavy atom. The summed E-state index contributed by atoms with van der Waals surface area (Å²) in [5.41, 5.74) is 1.15. The van der Waals surface area contributed by atoms with Crippen molar-refractivity contribution in [1.82, 2.24) is 20.1 Å². The molecule has 9 nitrogen and oxygen atoms in total. The van der Waals surface area contributed by atoms with E-state index >= 15 is 0 Å². The van der Waals surface area contributed by atoms with Crippen LogP contribution >= 0.6 is 11.3 Å². The average molecular weight is 595 g/mol. The summed E-state index contributed by atoms with van der Waals surface area (Å²) in [6.45, 7) is 0.302. The molecular formula is C33H30N4O5S. The fourth-order valence-electron chi connectivity index (χ4n) is 5.74. The number of fused-ring (bicyclic) bond motifs is 1. The second-order valence-electron chi connectivity index (χ2n) is 10.6. The van der Waals surface area contributed by atoms with Crippen LogP contribution in [0.5, 0.6) is 11.5 Å². The quantitative estimate of drug-likeness (QED) is 0.315. The fourth-order valence-corrected chi connectivity index (χ4v) is 6.49. The van der Waals surface area contributed by atoms with Crippen LogP contribution in [-0.4, -0.2) is 69.5 Å². The van der Waals surface area contributed by atoms with Gasteiger partial charge in [-0.3, -0.25) is 24.2 Å². The highest BCUT2D eigenvalue weighted by Gasteiger charge is 2.52. The number of carbonyl (C=O) groups is 4. The number of pyridine rings is 1. The number of hydrogen-bond donors (Lipinski definition) is 1. The number of nitrogens with zero attached hydrogens (tertiary/aromatic N) is 3. The number of likely N-dealkylation sites (tertiary alicyclic amines) is 2. The van der Waals surface area contributed by atoms with Gasteiger partial charge in [0.25, 0.3) is 5.91 Å². The maximum atomic E-state index is 14.0. The first kappa shape index (κ1) is 28.3. The van der Waals surface area contributed by atoms with Gasteiger partial charge in [0.1, 0.15) is 23.6 Å². The molecule has 2 saturated heterocycles. The zero-order valence-electron chi connectivity index (χ0n) is 23.3. The van der Waals surface area contributed by atoms with Gasteiger partial charge in [-0.2, -0.15) is 0 Å². The number of ketones is 1. The van der Waals surface area contributed by atoms with E-state index in [0.29, 0.717) is 36.4 Å². The van der Waals surface area contributed by atoms with E-state index in [0.717, 1.165) is 10.4 Å². The molecule has 218 valence electrons. The van der Waals surface area contributed by atoms with Gasteiger partial charge in [-0.1, -0.05) is 30.3 Å². The van der Waals surface area contributed by atoms with Crippen LogP contribution in [0.25, 0.3) is 0 Å². The number of aromatic nitrogens is 1. The van der Waals surface area contributed by atoms with Crippen molar-refractivity contribution in [1.29, 1.82) is 0 Å². The number of carbonyl (C=O) groups excluding carboxylic acids is 4. The van der Waals surface area contributed by atoms with Gasteiger partial charge in [0.05, 0.1) is 19.0 Å². The van der Waals surface area contributed by atoms with Crippen LogP contribution in [0.3, 0.4) is 0 Å². The molecule has 2 aromatic carbocycles. The van der Waals surface area contributed by atoms with Crippen molar-refractivity contribution in [2.45, 2.75) is 37.4 Å². The number of rotatable bonds is 9. The number of Topliss-reactive ketones (excluding diaryl/α,β-unsaturated/α-hetero) is 1. The summed E-state index contributed by atoms with van der Waals surface area (Å²) in [5, 5.41) is 4.83. The third-order valence-electron chi connectivity index (χ3n) is 7.79. The van der Waals surface area contributed by atoms with Gasteiger partial charge in [0, 0.05) is 35.8 Å². The number of ether oxygens (including phenoxy) is 1. The smallest absolute Gasteiger partial charge is 0.251 e. The molecule has 3 atom stereocenters. The van der Waals surface area contributed by atoms with Gasteiger partial charge >= 0.3 is 0 Å². The lowest BCUT2D eigenvalue weighted by Gasteiger charge is -2.28. The summed E-state index contributed by atoms with van der Waals surface area (Å²) in [6, 6.07) is 21.5. The van der Waals surface area contributed by atoms with Gasteiger partial charge < -0.3 is 19.9 Å². The Morgan fingerprint density at radius 1 is 0.953 bits per heavy atom. The van der Waals surface area contributed by atoms with Crippen LogP contribution in [0.2, 0.25) is 0 Å². The molecular weight excluding hydrogens is 564 g/mol. The highest BCUT2D eigenvalue weighted by atomic mass is 32.1. The molecule has 4 heterocycles. The third-order valence-corrected chi connectivity index (χ3v) is 8.69. The number of benzene rings is 2. The lowest BCUT2D eigenvalue weighted by atomic mass is 10.1. The first-order valence-corrected chi connectivity index (χ1v) is 15.0. The second-order valence-corrected chi connectivity index (χ2v) is 11.6. The van der Waals surface area contributed by atoms with E-state index in [-0.39, 0.29) is 36.6 Å². The average Bonchev–Trinajstić information content (AvgIpc) is 3.77. The fraction of sp³-hybridized carbons (Fsp3) is 0.242. The van der Waals surface area contributed by atoms with Crippen LogP contribution in [0.1, 0.15) is 27.2 Å². The van der Waals surface area contributed by atoms with Crippen LogP contribution in [0.15, 0.2) is 96.6 Å². The van der Waals surface area contributed by atoms with Crippen LogP contribution < -0.4 is 10.1 Å². The highest BCUT2D eigenvalue weighted by molar-refractivity contribution is 7.09. The molecule has 10 heteroatoms. The molecule has 0 radical (unpaired) electrons.